The molecular weight excluding hydrogens is 242 g/mol. The van der Waals surface area contributed by atoms with Crippen molar-refractivity contribution in [2.24, 2.45) is 0 Å². The standard InChI is InChI=1S/C15H23NO3/c1-2-3-12-19-14-7-5-4-6-13(14)8-10-16-11-9-15(17)18/h4-7,16H,2-3,8-12H2,1H3,(H,17,18). The second kappa shape index (κ2) is 9.39. The fraction of sp³-hybridized carbons (Fsp3) is 0.533. The molecule has 0 aliphatic carbocycles. The number of hydrogen-bond donors (Lipinski definition) is 2. The zero-order valence-electron chi connectivity index (χ0n) is 11.5. The molecule has 0 fully saturated rings. The summed E-state index contributed by atoms with van der Waals surface area (Å²) in [6, 6.07) is 8.02. The summed E-state index contributed by atoms with van der Waals surface area (Å²) < 4.78 is 5.75. The number of unbranched alkanes of at least 4 members (excludes halogenated alkanes) is 1. The van der Waals surface area contributed by atoms with Gasteiger partial charge in [-0.1, -0.05) is 31.5 Å². The van der Waals surface area contributed by atoms with Crippen LogP contribution in [0.3, 0.4) is 0 Å². The van der Waals surface area contributed by atoms with Crippen LogP contribution in [0.1, 0.15) is 31.7 Å². The van der Waals surface area contributed by atoms with Crippen molar-refractivity contribution in [3.63, 3.8) is 0 Å². The Kier molecular flexibility index (Phi) is 7.66. The first kappa shape index (κ1) is 15.5. The van der Waals surface area contributed by atoms with Crippen molar-refractivity contribution in [3.8, 4) is 5.75 Å². The molecule has 0 saturated heterocycles. The maximum absolute atomic E-state index is 10.4. The van der Waals surface area contributed by atoms with Gasteiger partial charge in [-0.3, -0.25) is 4.79 Å². The SMILES string of the molecule is CCCCOc1ccccc1CCNCCC(=O)O. The van der Waals surface area contributed by atoms with Gasteiger partial charge < -0.3 is 15.2 Å². The van der Waals surface area contributed by atoms with Crippen LogP contribution in [0.2, 0.25) is 0 Å². The van der Waals surface area contributed by atoms with E-state index < -0.39 is 5.97 Å². The summed E-state index contributed by atoms with van der Waals surface area (Å²) in [5.74, 6) is 0.173. The number of nitrogens with one attached hydrogen (secondary N) is 1. The van der Waals surface area contributed by atoms with E-state index in [1.165, 1.54) is 5.56 Å². The quantitative estimate of drug-likeness (QED) is 0.638. The molecule has 0 aromatic heterocycles. The van der Waals surface area contributed by atoms with Crippen molar-refractivity contribution in [1.82, 2.24) is 5.32 Å². The van der Waals surface area contributed by atoms with Crippen molar-refractivity contribution in [2.75, 3.05) is 19.7 Å². The number of carbonyl (C=O) groups is 1. The molecule has 0 atom stereocenters. The van der Waals surface area contributed by atoms with E-state index in [1.807, 2.05) is 18.2 Å². The Morgan fingerprint density at radius 1 is 1.32 bits per heavy atom. The maximum atomic E-state index is 10.4. The third kappa shape index (κ3) is 6.82. The number of hydrogen-bond acceptors (Lipinski definition) is 3. The van der Waals surface area contributed by atoms with Crippen molar-refractivity contribution in [3.05, 3.63) is 29.8 Å². The van der Waals surface area contributed by atoms with Gasteiger partial charge in [-0.25, -0.2) is 0 Å². The predicted molar refractivity (Wildman–Crippen MR) is 75.7 cm³/mol. The molecule has 1 aromatic carbocycles. The first-order valence-corrected chi connectivity index (χ1v) is 6.87. The van der Waals surface area contributed by atoms with Crippen LogP contribution in [0.25, 0.3) is 0 Å². The van der Waals surface area contributed by atoms with E-state index >= 15 is 0 Å². The minimum absolute atomic E-state index is 0.161. The number of aliphatic carboxylic acids is 1. The molecule has 4 heteroatoms. The molecule has 0 amide bonds. The molecule has 0 saturated carbocycles. The van der Waals surface area contributed by atoms with Crippen LogP contribution >= 0.6 is 0 Å². The summed E-state index contributed by atoms with van der Waals surface area (Å²) in [6.07, 6.45) is 3.20. The lowest BCUT2D eigenvalue weighted by Crippen LogP contribution is -2.21. The first-order chi connectivity index (χ1) is 9.24. The maximum Gasteiger partial charge on any atom is 0.304 e. The van der Waals surface area contributed by atoms with Crippen LogP contribution in [0.5, 0.6) is 5.75 Å². The molecule has 0 bridgehead atoms. The second-order valence-corrected chi connectivity index (χ2v) is 4.45. The van der Waals surface area contributed by atoms with E-state index in [-0.39, 0.29) is 6.42 Å². The molecule has 1 aromatic rings. The van der Waals surface area contributed by atoms with Gasteiger partial charge in [0.1, 0.15) is 5.75 Å². The van der Waals surface area contributed by atoms with Gasteiger partial charge >= 0.3 is 5.97 Å². The Labute approximate surface area is 114 Å². The minimum Gasteiger partial charge on any atom is -0.493 e. The highest BCUT2D eigenvalue weighted by Gasteiger charge is 2.02. The topological polar surface area (TPSA) is 58.6 Å². The number of carboxylic acids is 1. The van der Waals surface area contributed by atoms with E-state index in [0.29, 0.717) is 6.54 Å². The van der Waals surface area contributed by atoms with Gasteiger partial charge in [-0.2, -0.15) is 0 Å². The second-order valence-electron chi connectivity index (χ2n) is 4.45. The molecule has 19 heavy (non-hydrogen) atoms. The molecule has 2 N–H and O–H groups in total. The minimum atomic E-state index is -0.768. The molecule has 0 radical (unpaired) electrons. The van der Waals surface area contributed by atoms with Crippen LogP contribution in [0.4, 0.5) is 0 Å². The Bertz CT molecular complexity index is 379. The summed E-state index contributed by atoms with van der Waals surface area (Å²) in [7, 11) is 0. The number of carboxylic acid groups (broad SMARTS) is 1. The highest BCUT2D eigenvalue weighted by Crippen LogP contribution is 2.18. The Morgan fingerprint density at radius 3 is 2.84 bits per heavy atom. The summed E-state index contributed by atoms with van der Waals surface area (Å²) >= 11 is 0. The Morgan fingerprint density at radius 2 is 2.11 bits per heavy atom. The molecule has 0 aliphatic heterocycles. The summed E-state index contributed by atoms with van der Waals surface area (Å²) in [5, 5.41) is 11.7. The molecular formula is C15H23NO3. The average molecular weight is 265 g/mol. The van der Waals surface area contributed by atoms with Crippen LogP contribution < -0.4 is 10.1 Å². The number of rotatable bonds is 10. The van der Waals surface area contributed by atoms with Gasteiger partial charge in [0.25, 0.3) is 0 Å². The van der Waals surface area contributed by atoms with Gasteiger partial charge in [0, 0.05) is 6.54 Å². The molecule has 0 aliphatic rings. The van der Waals surface area contributed by atoms with E-state index in [2.05, 4.69) is 18.3 Å². The molecule has 106 valence electrons. The number of benzene rings is 1. The van der Waals surface area contributed by atoms with Crippen LogP contribution in [-0.4, -0.2) is 30.8 Å². The number of ether oxygens (including phenoxy) is 1. The Balaban J connectivity index is 2.33. The first-order valence-electron chi connectivity index (χ1n) is 6.87. The summed E-state index contributed by atoms with van der Waals surface area (Å²) in [5.41, 5.74) is 1.17. The molecule has 4 nitrogen and oxygen atoms in total. The lowest BCUT2D eigenvalue weighted by atomic mass is 10.1. The van der Waals surface area contributed by atoms with Gasteiger partial charge in [0.15, 0.2) is 0 Å². The largest absolute Gasteiger partial charge is 0.493 e. The predicted octanol–water partition coefficient (Wildman–Crippen LogP) is 2.47. The third-order valence-electron chi connectivity index (χ3n) is 2.81. The van der Waals surface area contributed by atoms with Crippen molar-refractivity contribution in [2.45, 2.75) is 32.6 Å². The zero-order valence-corrected chi connectivity index (χ0v) is 11.5. The van der Waals surface area contributed by atoms with E-state index in [9.17, 15) is 4.79 Å². The van der Waals surface area contributed by atoms with Crippen LogP contribution in [0, 0.1) is 0 Å². The van der Waals surface area contributed by atoms with Gasteiger partial charge in [0.2, 0.25) is 0 Å². The van der Waals surface area contributed by atoms with Crippen molar-refractivity contribution < 1.29 is 14.6 Å². The fourth-order valence-corrected chi connectivity index (χ4v) is 1.72. The normalized spacial score (nSPS) is 10.4. The molecule has 0 spiro atoms. The van der Waals surface area contributed by atoms with E-state index in [1.54, 1.807) is 0 Å². The van der Waals surface area contributed by atoms with Crippen molar-refractivity contribution in [1.29, 1.82) is 0 Å². The van der Waals surface area contributed by atoms with E-state index in [4.69, 9.17) is 9.84 Å². The Hall–Kier alpha value is -1.55. The lowest BCUT2D eigenvalue weighted by molar-refractivity contribution is -0.136. The summed E-state index contributed by atoms with van der Waals surface area (Å²) in [6.45, 7) is 4.16. The smallest absolute Gasteiger partial charge is 0.304 e. The number of para-hydroxylation sites is 1. The molecule has 1 rings (SSSR count). The lowest BCUT2D eigenvalue weighted by Gasteiger charge is -2.11. The molecule has 0 heterocycles. The summed E-state index contributed by atoms with van der Waals surface area (Å²) in [4.78, 5) is 10.4. The van der Waals surface area contributed by atoms with Gasteiger partial charge in [-0.15, -0.1) is 0 Å². The monoisotopic (exact) mass is 265 g/mol. The molecule has 0 unspecified atom stereocenters. The highest BCUT2D eigenvalue weighted by atomic mass is 16.5. The van der Waals surface area contributed by atoms with Crippen LogP contribution in [-0.2, 0) is 11.2 Å². The van der Waals surface area contributed by atoms with Crippen LogP contribution in [0.15, 0.2) is 24.3 Å². The average Bonchev–Trinajstić information content (AvgIpc) is 2.40. The highest BCUT2D eigenvalue weighted by molar-refractivity contribution is 5.66. The van der Waals surface area contributed by atoms with Crippen molar-refractivity contribution >= 4 is 5.97 Å². The fourth-order valence-electron chi connectivity index (χ4n) is 1.72. The van der Waals surface area contributed by atoms with E-state index in [0.717, 1.165) is 38.2 Å². The van der Waals surface area contributed by atoms with Gasteiger partial charge in [0.05, 0.1) is 13.0 Å². The zero-order chi connectivity index (χ0) is 13.9. The van der Waals surface area contributed by atoms with Gasteiger partial charge in [-0.05, 0) is 31.0 Å². The third-order valence-corrected chi connectivity index (χ3v) is 2.81.